The van der Waals surface area contributed by atoms with Crippen LogP contribution >= 0.6 is 0 Å². The van der Waals surface area contributed by atoms with Gasteiger partial charge < -0.3 is 5.11 Å². The number of aliphatic hydroxyl groups excluding tert-OH is 1. The van der Waals surface area contributed by atoms with Crippen LogP contribution in [0.15, 0.2) is 11.2 Å². The van der Waals surface area contributed by atoms with Crippen molar-refractivity contribution in [3.63, 3.8) is 0 Å². The third-order valence-corrected chi connectivity index (χ3v) is 6.48. The topological polar surface area (TPSA) is 89.5 Å². The molecule has 7 nitrogen and oxygen atoms in total. The molecule has 2 fully saturated rings. The SMILES string of the molecule is O=S(=O)(c1[nH]ncc1CO)N1CCN(C2CCCC2)CC1. The van der Waals surface area contributed by atoms with E-state index < -0.39 is 10.0 Å². The summed E-state index contributed by atoms with van der Waals surface area (Å²) in [6.07, 6.45) is 6.42. The van der Waals surface area contributed by atoms with E-state index >= 15 is 0 Å². The summed E-state index contributed by atoms with van der Waals surface area (Å²) >= 11 is 0. The fourth-order valence-electron chi connectivity index (χ4n) is 3.34. The first kappa shape index (κ1) is 15.0. The van der Waals surface area contributed by atoms with Crippen LogP contribution in [0.25, 0.3) is 0 Å². The maximum Gasteiger partial charge on any atom is 0.260 e. The van der Waals surface area contributed by atoms with Crippen LogP contribution in [0, 0.1) is 0 Å². The van der Waals surface area contributed by atoms with Crippen LogP contribution in [-0.2, 0) is 16.6 Å². The van der Waals surface area contributed by atoms with Crippen molar-refractivity contribution in [1.82, 2.24) is 19.4 Å². The molecular formula is C13H22N4O3S. The molecule has 1 aromatic heterocycles. The number of aromatic nitrogens is 2. The molecule has 0 unspecified atom stereocenters. The van der Waals surface area contributed by atoms with Gasteiger partial charge in [-0.05, 0) is 12.8 Å². The highest BCUT2D eigenvalue weighted by Gasteiger charge is 2.33. The van der Waals surface area contributed by atoms with Gasteiger partial charge in [0.15, 0.2) is 5.03 Å². The number of sulfonamides is 1. The number of rotatable bonds is 4. The van der Waals surface area contributed by atoms with Gasteiger partial charge in [-0.15, -0.1) is 0 Å². The molecule has 0 bridgehead atoms. The van der Waals surface area contributed by atoms with Gasteiger partial charge in [-0.2, -0.15) is 9.40 Å². The quantitative estimate of drug-likeness (QED) is 0.826. The van der Waals surface area contributed by atoms with Crippen molar-refractivity contribution in [1.29, 1.82) is 0 Å². The summed E-state index contributed by atoms with van der Waals surface area (Å²) in [6, 6.07) is 0.634. The van der Waals surface area contributed by atoms with E-state index in [1.807, 2.05) is 0 Å². The van der Waals surface area contributed by atoms with Crippen molar-refractivity contribution in [2.45, 2.75) is 43.4 Å². The number of hydrogen-bond acceptors (Lipinski definition) is 5. The lowest BCUT2D eigenvalue weighted by molar-refractivity contribution is 0.138. The average molecular weight is 314 g/mol. The Hall–Kier alpha value is -0.960. The van der Waals surface area contributed by atoms with Crippen LogP contribution in [0.4, 0.5) is 0 Å². The van der Waals surface area contributed by atoms with Gasteiger partial charge in [0, 0.05) is 37.8 Å². The van der Waals surface area contributed by atoms with E-state index in [2.05, 4.69) is 15.1 Å². The Morgan fingerprint density at radius 1 is 1.24 bits per heavy atom. The maximum absolute atomic E-state index is 12.6. The average Bonchev–Trinajstić information content (AvgIpc) is 3.18. The highest BCUT2D eigenvalue weighted by Crippen LogP contribution is 2.26. The minimum absolute atomic E-state index is 0.0271. The Morgan fingerprint density at radius 2 is 1.90 bits per heavy atom. The van der Waals surface area contributed by atoms with Crippen LogP contribution in [0.2, 0.25) is 0 Å². The monoisotopic (exact) mass is 314 g/mol. The molecule has 2 heterocycles. The van der Waals surface area contributed by atoms with Crippen molar-refractivity contribution in [3.05, 3.63) is 11.8 Å². The molecule has 2 aliphatic rings. The maximum atomic E-state index is 12.6. The molecule has 118 valence electrons. The first-order chi connectivity index (χ1) is 10.1. The van der Waals surface area contributed by atoms with Crippen molar-refractivity contribution in [2.75, 3.05) is 26.2 Å². The molecule has 0 aromatic carbocycles. The number of nitrogens with one attached hydrogen (secondary N) is 1. The predicted octanol–water partition coefficient (Wildman–Crippen LogP) is 0.151. The van der Waals surface area contributed by atoms with Crippen molar-refractivity contribution in [2.24, 2.45) is 0 Å². The second-order valence-corrected chi connectivity index (χ2v) is 7.64. The van der Waals surface area contributed by atoms with Crippen LogP contribution in [-0.4, -0.2) is 65.1 Å². The molecule has 1 saturated carbocycles. The van der Waals surface area contributed by atoms with Crippen LogP contribution in [0.3, 0.4) is 0 Å². The van der Waals surface area contributed by atoms with Crippen LogP contribution < -0.4 is 0 Å². The van der Waals surface area contributed by atoms with Gasteiger partial charge in [0.05, 0.1) is 12.8 Å². The lowest BCUT2D eigenvalue weighted by Gasteiger charge is -2.37. The molecule has 2 N–H and O–H groups in total. The second kappa shape index (κ2) is 6.04. The summed E-state index contributed by atoms with van der Waals surface area (Å²) in [5.74, 6) is 0. The largest absolute Gasteiger partial charge is 0.392 e. The number of H-pyrrole nitrogens is 1. The summed E-state index contributed by atoms with van der Waals surface area (Å²) in [5.41, 5.74) is 0.327. The standard InChI is InChI=1S/C13H22N4O3S/c18-10-11-9-14-15-13(11)21(19,20)17-7-5-16(6-8-17)12-3-1-2-4-12/h9,12,18H,1-8,10H2,(H,14,15). The Labute approximate surface area is 125 Å². The summed E-state index contributed by atoms with van der Waals surface area (Å²) < 4.78 is 26.7. The number of aromatic amines is 1. The molecule has 0 amide bonds. The van der Waals surface area contributed by atoms with Crippen molar-refractivity contribution < 1.29 is 13.5 Å². The Bertz CT molecular complexity index is 572. The number of aliphatic hydroxyl groups is 1. The van der Waals surface area contributed by atoms with E-state index in [-0.39, 0.29) is 11.6 Å². The highest BCUT2D eigenvalue weighted by molar-refractivity contribution is 7.89. The third-order valence-electron chi connectivity index (χ3n) is 4.56. The number of hydrogen-bond donors (Lipinski definition) is 2. The summed E-state index contributed by atoms with van der Waals surface area (Å²) in [7, 11) is -3.58. The molecule has 0 radical (unpaired) electrons. The fraction of sp³-hybridized carbons (Fsp3) is 0.769. The number of piperazine rings is 1. The van der Waals surface area contributed by atoms with E-state index in [4.69, 9.17) is 0 Å². The van der Waals surface area contributed by atoms with E-state index in [1.165, 1.54) is 36.2 Å². The van der Waals surface area contributed by atoms with Gasteiger partial charge in [-0.1, -0.05) is 12.8 Å². The van der Waals surface area contributed by atoms with Gasteiger partial charge in [0.2, 0.25) is 0 Å². The Morgan fingerprint density at radius 3 is 2.52 bits per heavy atom. The zero-order valence-electron chi connectivity index (χ0n) is 12.0. The zero-order chi connectivity index (χ0) is 14.9. The summed E-state index contributed by atoms with van der Waals surface area (Å²) in [5, 5.41) is 15.5. The van der Waals surface area contributed by atoms with Gasteiger partial charge in [0.25, 0.3) is 10.0 Å². The van der Waals surface area contributed by atoms with E-state index in [9.17, 15) is 13.5 Å². The van der Waals surface area contributed by atoms with Gasteiger partial charge >= 0.3 is 0 Å². The van der Waals surface area contributed by atoms with Crippen molar-refractivity contribution in [3.8, 4) is 0 Å². The first-order valence-corrected chi connectivity index (χ1v) is 8.94. The molecular weight excluding hydrogens is 292 g/mol. The summed E-state index contributed by atoms with van der Waals surface area (Å²) in [6.45, 7) is 2.25. The van der Waals surface area contributed by atoms with Crippen molar-refractivity contribution >= 4 is 10.0 Å². The van der Waals surface area contributed by atoms with Gasteiger partial charge in [0.1, 0.15) is 0 Å². The molecule has 21 heavy (non-hydrogen) atoms. The highest BCUT2D eigenvalue weighted by atomic mass is 32.2. The Kier molecular flexibility index (Phi) is 4.30. The van der Waals surface area contributed by atoms with E-state index in [0.29, 0.717) is 24.7 Å². The Balaban J connectivity index is 1.68. The van der Waals surface area contributed by atoms with E-state index in [0.717, 1.165) is 13.1 Å². The normalized spacial score (nSPS) is 22.9. The molecule has 8 heteroatoms. The minimum atomic E-state index is -3.58. The molecule has 1 aliphatic carbocycles. The lowest BCUT2D eigenvalue weighted by Crippen LogP contribution is -2.51. The minimum Gasteiger partial charge on any atom is -0.392 e. The summed E-state index contributed by atoms with van der Waals surface area (Å²) in [4.78, 5) is 2.42. The van der Waals surface area contributed by atoms with Gasteiger partial charge in [-0.25, -0.2) is 8.42 Å². The third kappa shape index (κ3) is 2.85. The van der Waals surface area contributed by atoms with Crippen LogP contribution in [0.1, 0.15) is 31.2 Å². The smallest absolute Gasteiger partial charge is 0.260 e. The molecule has 0 atom stereocenters. The molecule has 1 aromatic rings. The fourth-order valence-corrected chi connectivity index (χ4v) is 4.86. The zero-order valence-corrected chi connectivity index (χ0v) is 12.8. The lowest BCUT2D eigenvalue weighted by atomic mass is 10.2. The molecule has 1 aliphatic heterocycles. The van der Waals surface area contributed by atoms with Crippen LogP contribution in [0.5, 0.6) is 0 Å². The molecule has 0 spiro atoms. The second-order valence-electron chi connectivity index (χ2n) is 5.76. The van der Waals surface area contributed by atoms with E-state index in [1.54, 1.807) is 0 Å². The molecule has 3 rings (SSSR count). The predicted molar refractivity (Wildman–Crippen MR) is 77.1 cm³/mol. The number of nitrogens with zero attached hydrogens (tertiary/aromatic N) is 3. The first-order valence-electron chi connectivity index (χ1n) is 7.50. The molecule has 1 saturated heterocycles. The van der Waals surface area contributed by atoms with Gasteiger partial charge in [-0.3, -0.25) is 10.00 Å².